The first-order valence-electron chi connectivity index (χ1n) is 9.49. The van der Waals surface area contributed by atoms with Gasteiger partial charge in [-0.25, -0.2) is 0 Å². The number of amides is 1. The fraction of sp³-hybridized carbons (Fsp3) is 0.400. The number of anilines is 1. The van der Waals surface area contributed by atoms with Crippen molar-refractivity contribution in [3.05, 3.63) is 47.3 Å². The molecular weight excluding hydrogens is 340 g/mol. The van der Waals surface area contributed by atoms with Gasteiger partial charge in [-0.15, -0.1) is 5.10 Å². The van der Waals surface area contributed by atoms with Gasteiger partial charge in [-0.3, -0.25) is 9.48 Å². The van der Waals surface area contributed by atoms with Crippen molar-refractivity contribution < 1.29 is 4.79 Å². The van der Waals surface area contributed by atoms with Crippen molar-refractivity contribution in [3.63, 3.8) is 0 Å². The minimum Gasteiger partial charge on any atom is -0.354 e. The van der Waals surface area contributed by atoms with Crippen LogP contribution in [0.15, 0.2) is 30.3 Å². The molecule has 1 aliphatic carbocycles. The van der Waals surface area contributed by atoms with Crippen LogP contribution in [0.5, 0.6) is 0 Å². The Morgan fingerprint density at radius 1 is 1.22 bits per heavy atom. The summed E-state index contributed by atoms with van der Waals surface area (Å²) >= 11 is 0. The molecule has 27 heavy (non-hydrogen) atoms. The van der Waals surface area contributed by atoms with Crippen molar-refractivity contribution in [3.8, 4) is 0 Å². The zero-order chi connectivity index (χ0) is 18.4. The largest absolute Gasteiger partial charge is 0.354 e. The lowest BCUT2D eigenvalue weighted by Gasteiger charge is -2.40. The van der Waals surface area contributed by atoms with E-state index in [9.17, 15) is 4.79 Å². The third kappa shape index (κ3) is 2.83. The molecule has 1 N–H and O–H groups in total. The van der Waals surface area contributed by atoms with Gasteiger partial charge in [0.15, 0.2) is 11.5 Å². The molecule has 7 heteroatoms. The molecule has 1 saturated heterocycles. The van der Waals surface area contributed by atoms with E-state index in [1.165, 1.54) is 12.0 Å². The fourth-order valence-corrected chi connectivity index (χ4v) is 4.06. The van der Waals surface area contributed by atoms with E-state index in [2.05, 4.69) is 31.6 Å². The van der Waals surface area contributed by atoms with Gasteiger partial charge < -0.3 is 10.2 Å². The molecule has 0 spiro atoms. The quantitative estimate of drug-likeness (QED) is 0.765. The molecule has 1 aliphatic heterocycles. The van der Waals surface area contributed by atoms with Crippen molar-refractivity contribution >= 4 is 22.6 Å². The van der Waals surface area contributed by atoms with Crippen molar-refractivity contribution in [1.29, 1.82) is 0 Å². The van der Waals surface area contributed by atoms with Gasteiger partial charge in [0.1, 0.15) is 0 Å². The molecule has 138 valence electrons. The molecule has 5 rings (SSSR count). The van der Waals surface area contributed by atoms with Gasteiger partial charge in [-0.1, -0.05) is 18.2 Å². The smallest absolute Gasteiger partial charge is 0.272 e. The highest BCUT2D eigenvalue weighted by Gasteiger charge is 2.29. The normalized spacial score (nSPS) is 16.4. The number of nitrogens with one attached hydrogen (secondary N) is 1. The summed E-state index contributed by atoms with van der Waals surface area (Å²) in [5.74, 6) is 1.29. The van der Waals surface area contributed by atoms with Gasteiger partial charge in [0.2, 0.25) is 0 Å². The number of aromatic nitrogens is 4. The summed E-state index contributed by atoms with van der Waals surface area (Å²) in [5.41, 5.74) is 3.96. The average molecular weight is 362 g/mol. The van der Waals surface area contributed by atoms with Crippen LogP contribution in [0.4, 0.5) is 5.82 Å². The highest BCUT2D eigenvalue weighted by atomic mass is 16.1. The van der Waals surface area contributed by atoms with Crippen LogP contribution < -0.4 is 10.2 Å². The highest BCUT2D eigenvalue weighted by molar-refractivity contribution is 6.04. The number of carbonyl (C=O) groups is 1. The zero-order valence-corrected chi connectivity index (χ0v) is 15.4. The highest BCUT2D eigenvalue weighted by Crippen LogP contribution is 2.27. The van der Waals surface area contributed by atoms with E-state index in [0.717, 1.165) is 48.3 Å². The second-order valence-electron chi connectivity index (χ2n) is 7.50. The summed E-state index contributed by atoms with van der Waals surface area (Å²) in [6, 6.07) is 9.98. The van der Waals surface area contributed by atoms with Gasteiger partial charge >= 0.3 is 0 Å². The molecule has 2 aromatic heterocycles. The van der Waals surface area contributed by atoms with Crippen LogP contribution >= 0.6 is 0 Å². The number of hydrogen-bond donors (Lipinski definition) is 1. The second kappa shape index (κ2) is 6.33. The number of fused-ring (bicyclic) bond motifs is 2. The van der Waals surface area contributed by atoms with Crippen molar-refractivity contribution in [1.82, 2.24) is 25.3 Å². The number of benzene rings is 1. The monoisotopic (exact) mass is 362 g/mol. The van der Waals surface area contributed by atoms with E-state index in [1.54, 1.807) is 4.68 Å². The van der Waals surface area contributed by atoms with E-state index in [1.807, 2.05) is 31.3 Å². The maximum Gasteiger partial charge on any atom is 0.272 e. The Balaban J connectivity index is 1.19. The Morgan fingerprint density at radius 3 is 2.96 bits per heavy atom. The van der Waals surface area contributed by atoms with Crippen LogP contribution in [0.25, 0.3) is 10.9 Å². The first-order chi connectivity index (χ1) is 13.2. The molecule has 3 aromatic rings. The number of nitrogens with zero attached hydrogens (tertiary/aromatic N) is 5. The Labute approximate surface area is 157 Å². The molecule has 0 bridgehead atoms. The van der Waals surface area contributed by atoms with Crippen LogP contribution in [-0.2, 0) is 19.9 Å². The number of para-hydroxylation sites is 1. The maximum atomic E-state index is 12.6. The summed E-state index contributed by atoms with van der Waals surface area (Å²) < 4.78 is 1.75. The van der Waals surface area contributed by atoms with E-state index in [-0.39, 0.29) is 5.91 Å². The molecule has 0 atom stereocenters. The van der Waals surface area contributed by atoms with E-state index >= 15 is 0 Å². The Morgan fingerprint density at radius 2 is 2.07 bits per heavy atom. The molecule has 2 aliphatic rings. The molecule has 1 amide bonds. The molecule has 7 nitrogen and oxygen atoms in total. The van der Waals surface area contributed by atoms with Gasteiger partial charge in [0.05, 0.1) is 11.2 Å². The van der Waals surface area contributed by atoms with Crippen LogP contribution in [-0.4, -0.2) is 45.5 Å². The molecule has 0 radical (unpaired) electrons. The number of hydrogen-bond acceptors (Lipinski definition) is 5. The first kappa shape index (κ1) is 16.2. The van der Waals surface area contributed by atoms with Crippen LogP contribution in [0.2, 0.25) is 0 Å². The Bertz CT molecular complexity index is 1020. The predicted molar refractivity (Wildman–Crippen MR) is 103 cm³/mol. The minimum absolute atomic E-state index is 0.109. The summed E-state index contributed by atoms with van der Waals surface area (Å²) in [6.07, 6.45) is 3.35. The Hall–Kier alpha value is -2.96. The molecule has 1 aromatic carbocycles. The fourth-order valence-electron chi connectivity index (χ4n) is 4.06. The molecular formula is C20H22N6O. The molecule has 3 heterocycles. The average Bonchev–Trinajstić information content (AvgIpc) is 3.25. The molecule has 0 saturated carbocycles. The lowest BCUT2D eigenvalue weighted by atomic mass is 10.00. The standard InChI is InChI=1S/C20H22N6O/c1-25-17-8-3-2-6-15(17)19(24-25)20(27)21-10-13-11-26(12-13)18-9-14-5-4-7-16(14)22-23-18/h2-3,6,8-9,13H,4-5,7,10-12H2,1H3,(H,21,27). The number of aryl methyl sites for hydroxylation is 3. The third-order valence-corrected chi connectivity index (χ3v) is 5.61. The summed E-state index contributed by atoms with van der Waals surface area (Å²) in [4.78, 5) is 14.8. The number of carbonyl (C=O) groups excluding carboxylic acids is 1. The van der Waals surface area contributed by atoms with Crippen molar-refractivity contribution in [2.45, 2.75) is 19.3 Å². The topological polar surface area (TPSA) is 75.9 Å². The second-order valence-corrected chi connectivity index (χ2v) is 7.50. The van der Waals surface area contributed by atoms with Gasteiger partial charge in [-0.05, 0) is 37.0 Å². The van der Waals surface area contributed by atoms with Crippen LogP contribution in [0.1, 0.15) is 28.2 Å². The summed E-state index contributed by atoms with van der Waals surface area (Å²) in [7, 11) is 1.86. The Kier molecular flexibility index (Phi) is 3.81. The molecule has 0 unspecified atom stereocenters. The predicted octanol–water partition coefficient (Wildman–Crippen LogP) is 1.72. The number of rotatable bonds is 4. The maximum absolute atomic E-state index is 12.6. The van der Waals surface area contributed by atoms with E-state index < -0.39 is 0 Å². The van der Waals surface area contributed by atoms with E-state index in [4.69, 9.17) is 0 Å². The summed E-state index contributed by atoms with van der Waals surface area (Å²) in [5, 5.41) is 17.0. The van der Waals surface area contributed by atoms with Crippen LogP contribution in [0.3, 0.4) is 0 Å². The van der Waals surface area contributed by atoms with Gasteiger partial charge in [-0.2, -0.15) is 10.2 Å². The first-order valence-corrected chi connectivity index (χ1v) is 9.49. The minimum atomic E-state index is -0.109. The van der Waals surface area contributed by atoms with E-state index in [0.29, 0.717) is 18.2 Å². The van der Waals surface area contributed by atoms with Crippen molar-refractivity contribution in [2.75, 3.05) is 24.5 Å². The van der Waals surface area contributed by atoms with Gasteiger partial charge in [0.25, 0.3) is 5.91 Å². The molecule has 1 fully saturated rings. The third-order valence-electron chi connectivity index (χ3n) is 5.61. The van der Waals surface area contributed by atoms with Gasteiger partial charge in [0, 0.05) is 38.0 Å². The SMILES string of the molecule is Cn1nc(C(=O)NCC2CN(c3cc4c(nn3)CCC4)C2)c2ccccc21. The van der Waals surface area contributed by atoms with Crippen molar-refractivity contribution in [2.24, 2.45) is 13.0 Å². The van der Waals surface area contributed by atoms with Crippen LogP contribution in [0, 0.1) is 5.92 Å². The lowest BCUT2D eigenvalue weighted by molar-refractivity contribution is 0.0940. The summed E-state index contributed by atoms with van der Waals surface area (Å²) in [6.45, 7) is 2.45. The lowest BCUT2D eigenvalue weighted by Crippen LogP contribution is -2.52. The zero-order valence-electron chi connectivity index (χ0n) is 15.4.